The van der Waals surface area contributed by atoms with Gasteiger partial charge < -0.3 is 10.6 Å². The van der Waals surface area contributed by atoms with Gasteiger partial charge in [0.05, 0.1) is 13.1 Å². The molecule has 1 aromatic rings. The summed E-state index contributed by atoms with van der Waals surface area (Å²) in [7, 11) is 3.67. The van der Waals surface area contributed by atoms with E-state index in [0.29, 0.717) is 12.0 Å². The number of hydrogen-bond acceptors (Lipinski definition) is 5. The maximum atomic E-state index is 11.8. The van der Waals surface area contributed by atoms with Gasteiger partial charge in [-0.25, -0.2) is 0 Å². The lowest BCUT2D eigenvalue weighted by Gasteiger charge is -2.32. The molecule has 0 aromatic heterocycles. The van der Waals surface area contributed by atoms with Gasteiger partial charge in [0.1, 0.15) is 0 Å². The highest BCUT2D eigenvalue weighted by molar-refractivity contribution is 6.02. The van der Waals surface area contributed by atoms with Crippen molar-refractivity contribution in [3.8, 4) is 0 Å². The van der Waals surface area contributed by atoms with Gasteiger partial charge in [0.2, 0.25) is 11.8 Å². The monoisotopic (exact) mass is 316 g/mol. The van der Waals surface area contributed by atoms with Gasteiger partial charge in [-0.3, -0.25) is 19.4 Å². The molecular weight excluding hydrogens is 292 g/mol. The molecule has 0 spiro atoms. The topological polar surface area (TPSA) is 69.9 Å². The van der Waals surface area contributed by atoms with Crippen LogP contribution in [0.25, 0.3) is 0 Å². The Hall–Kier alpha value is -1.92. The second-order valence-electron chi connectivity index (χ2n) is 6.59. The number of carbonyl (C=O) groups excluding carboxylic acids is 2. The van der Waals surface area contributed by atoms with Crippen molar-refractivity contribution in [2.75, 3.05) is 45.2 Å². The Morgan fingerprint density at radius 3 is 2.22 bits per heavy atom. The molecule has 0 saturated carbocycles. The number of likely N-dealkylation sites (N-methyl/N-ethyl adjacent to an activating group) is 1. The summed E-state index contributed by atoms with van der Waals surface area (Å²) in [4.78, 5) is 29.0. The zero-order chi connectivity index (χ0) is 16.6. The molecule has 124 valence electrons. The highest BCUT2D eigenvalue weighted by Crippen LogP contribution is 2.34. The van der Waals surface area contributed by atoms with Gasteiger partial charge >= 0.3 is 0 Å². The Kier molecular flexibility index (Phi) is 4.37. The smallest absolute Gasteiger partial charge is 0.248 e. The van der Waals surface area contributed by atoms with Crippen LogP contribution in [0.5, 0.6) is 0 Å². The summed E-state index contributed by atoms with van der Waals surface area (Å²) in [6.07, 6.45) is 1.08. The average molecular weight is 316 g/mol. The number of nitrogens with two attached hydrogens (primary N) is 1. The molecule has 2 unspecified atom stereocenters. The van der Waals surface area contributed by atoms with Gasteiger partial charge in [0.15, 0.2) is 0 Å². The summed E-state index contributed by atoms with van der Waals surface area (Å²) in [5.74, 6) is 0.232. The van der Waals surface area contributed by atoms with E-state index in [-0.39, 0.29) is 24.9 Å². The van der Waals surface area contributed by atoms with Gasteiger partial charge in [-0.1, -0.05) is 12.1 Å². The second-order valence-corrected chi connectivity index (χ2v) is 6.59. The largest absolute Gasteiger partial charge is 0.353 e. The van der Waals surface area contributed by atoms with Crippen LogP contribution in [0.3, 0.4) is 0 Å². The molecule has 0 bridgehead atoms. The first-order valence-electron chi connectivity index (χ1n) is 8.04. The fourth-order valence-corrected chi connectivity index (χ4v) is 3.49. The quantitative estimate of drug-likeness (QED) is 0.820. The number of carbonyl (C=O) groups is 2. The van der Waals surface area contributed by atoms with E-state index in [1.165, 1.54) is 17.5 Å². The predicted octanol–water partition coefficient (Wildman–Crippen LogP) is 0.443. The zero-order valence-electron chi connectivity index (χ0n) is 13.7. The van der Waals surface area contributed by atoms with Crippen LogP contribution in [0.1, 0.15) is 18.0 Å². The highest BCUT2D eigenvalue weighted by atomic mass is 16.2. The van der Waals surface area contributed by atoms with Crippen LogP contribution in [0.15, 0.2) is 24.3 Å². The Morgan fingerprint density at radius 2 is 1.70 bits per heavy atom. The maximum absolute atomic E-state index is 11.8. The van der Waals surface area contributed by atoms with E-state index in [4.69, 9.17) is 5.73 Å². The Morgan fingerprint density at radius 1 is 1.09 bits per heavy atom. The molecule has 0 aliphatic carbocycles. The van der Waals surface area contributed by atoms with Crippen LogP contribution in [0.2, 0.25) is 0 Å². The van der Waals surface area contributed by atoms with E-state index < -0.39 is 0 Å². The van der Waals surface area contributed by atoms with Crippen molar-refractivity contribution >= 4 is 17.5 Å². The van der Waals surface area contributed by atoms with E-state index in [2.05, 4.69) is 24.1 Å². The van der Waals surface area contributed by atoms with E-state index in [0.717, 1.165) is 25.2 Å². The van der Waals surface area contributed by atoms with E-state index in [1.54, 1.807) is 0 Å². The number of imide groups is 1. The van der Waals surface area contributed by atoms with Gasteiger partial charge in [0.25, 0.3) is 0 Å². The Balaban J connectivity index is 1.73. The lowest BCUT2D eigenvalue weighted by atomic mass is 9.99. The van der Waals surface area contributed by atoms with Crippen LogP contribution >= 0.6 is 0 Å². The van der Waals surface area contributed by atoms with Crippen molar-refractivity contribution in [3.63, 3.8) is 0 Å². The van der Waals surface area contributed by atoms with Crippen molar-refractivity contribution in [2.45, 2.75) is 12.5 Å². The van der Waals surface area contributed by atoms with Crippen molar-refractivity contribution in [3.05, 3.63) is 29.8 Å². The summed E-state index contributed by atoms with van der Waals surface area (Å²) >= 11 is 0. The number of likely N-dealkylation sites (tertiary alicyclic amines) is 1. The molecule has 6 nitrogen and oxygen atoms in total. The van der Waals surface area contributed by atoms with Gasteiger partial charge in [-0.05, 0) is 43.6 Å². The van der Waals surface area contributed by atoms with Crippen LogP contribution in [0, 0.1) is 5.92 Å². The molecule has 2 amide bonds. The summed E-state index contributed by atoms with van der Waals surface area (Å²) in [5.41, 5.74) is 7.97. The zero-order valence-corrected chi connectivity index (χ0v) is 13.7. The van der Waals surface area contributed by atoms with Gasteiger partial charge in [-0.2, -0.15) is 0 Å². The second kappa shape index (κ2) is 6.29. The lowest BCUT2D eigenvalue weighted by Crippen LogP contribution is -2.52. The minimum atomic E-state index is -0.161. The summed E-state index contributed by atoms with van der Waals surface area (Å²) < 4.78 is 0. The molecular formula is C17H24N4O2. The van der Waals surface area contributed by atoms with Crippen LogP contribution in [-0.2, 0) is 9.59 Å². The molecule has 2 fully saturated rings. The number of rotatable bonds is 3. The number of nitrogens with zero attached hydrogens (tertiary/aromatic N) is 3. The summed E-state index contributed by atoms with van der Waals surface area (Å²) in [6, 6.07) is 8.61. The lowest BCUT2D eigenvalue weighted by molar-refractivity contribution is -0.143. The molecule has 2 aliphatic rings. The Bertz CT molecular complexity index is 583. The minimum Gasteiger partial charge on any atom is -0.353 e. The number of benzene rings is 1. The molecule has 2 atom stereocenters. The minimum absolute atomic E-state index is 0.161. The van der Waals surface area contributed by atoms with Gasteiger partial charge in [0, 0.05) is 25.3 Å². The third kappa shape index (κ3) is 3.09. The van der Waals surface area contributed by atoms with Crippen molar-refractivity contribution < 1.29 is 9.59 Å². The third-order valence-corrected chi connectivity index (χ3v) is 5.01. The van der Waals surface area contributed by atoms with Crippen LogP contribution in [0.4, 0.5) is 5.69 Å². The fourth-order valence-electron chi connectivity index (χ4n) is 3.49. The molecule has 2 saturated heterocycles. The van der Waals surface area contributed by atoms with Crippen molar-refractivity contribution in [1.29, 1.82) is 0 Å². The first kappa shape index (κ1) is 16.0. The number of amides is 2. The van der Waals surface area contributed by atoms with E-state index in [9.17, 15) is 9.59 Å². The first-order valence-corrected chi connectivity index (χ1v) is 8.04. The average Bonchev–Trinajstić information content (AvgIpc) is 2.93. The molecule has 23 heavy (non-hydrogen) atoms. The molecule has 6 heteroatoms. The molecule has 2 heterocycles. The van der Waals surface area contributed by atoms with Crippen molar-refractivity contribution in [2.24, 2.45) is 11.7 Å². The first-order chi connectivity index (χ1) is 11.0. The molecule has 2 N–H and O–H groups in total. The third-order valence-electron chi connectivity index (χ3n) is 5.01. The maximum Gasteiger partial charge on any atom is 0.248 e. The van der Waals surface area contributed by atoms with Crippen LogP contribution in [-0.4, -0.2) is 61.9 Å². The van der Waals surface area contributed by atoms with E-state index >= 15 is 0 Å². The number of hydrogen-bond donors (Lipinski definition) is 1. The number of piperazine rings is 1. The fraction of sp³-hybridized carbons (Fsp3) is 0.529. The molecule has 1 aromatic carbocycles. The van der Waals surface area contributed by atoms with Crippen molar-refractivity contribution in [1.82, 2.24) is 9.80 Å². The molecule has 2 aliphatic heterocycles. The highest BCUT2D eigenvalue weighted by Gasteiger charge is 2.31. The molecule has 3 rings (SSSR count). The normalized spacial score (nSPS) is 26.2. The summed E-state index contributed by atoms with van der Waals surface area (Å²) in [6.45, 7) is 2.26. The van der Waals surface area contributed by atoms with Crippen LogP contribution < -0.4 is 10.6 Å². The Labute approximate surface area is 136 Å². The van der Waals surface area contributed by atoms with E-state index in [1.807, 2.05) is 17.0 Å². The van der Waals surface area contributed by atoms with Gasteiger partial charge in [-0.15, -0.1) is 0 Å². The summed E-state index contributed by atoms with van der Waals surface area (Å²) in [5, 5.41) is 0. The molecule has 0 radical (unpaired) electrons. The number of anilines is 1. The predicted molar refractivity (Wildman–Crippen MR) is 89.0 cm³/mol. The SMILES string of the molecule is CN1C(=O)CN(c2ccc(C3CC(CN)CN3C)cc2)CC1=O. The standard InChI is InChI=1S/C17H24N4O2/c1-19-9-12(8-18)7-15(19)13-3-5-14(6-4-13)21-10-16(22)20(2)17(23)11-21/h3-6,12,15H,7-11,18H2,1-2H3.